The van der Waals surface area contributed by atoms with Crippen molar-refractivity contribution in [1.82, 2.24) is 4.98 Å². The number of rotatable bonds is 1. The minimum atomic E-state index is 0.706. The monoisotopic (exact) mass is 253 g/mol. The first kappa shape index (κ1) is 11.7. The van der Waals surface area contributed by atoms with Gasteiger partial charge in [-0.05, 0) is 43.5 Å². The Morgan fingerprint density at radius 1 is 1.19 bits per heavy atom. The molecule has 0 aliphatic heterocycles. The van der Waals surface area contributed by atoms with E-state index in [0.717, 1.165) is 39.2 Å². The molecule has 0 fully saturated rings. The molecule has 0 atom stereocenters. The molecule has 1 nitrogen and oxygen atoms in total. The lowest BCUT2D eigenvalue weighted by Gasteiger charge is -2.10. The number of hydrogen-bond acceptors (Lipinski definition) is 1. The van der Waals surface area contributed by atoms with Gasteiger partial charge in [-0.3, -0.25) is 4.98 Å². The van der Waals surface area contributed by atoms with E-state index in [9.17, 15) is 0 Å². The zero-order valence-corrected chi connectivity index (χ0v) is 11.1. The van der Waals surface area contributed by atoms with Gasteiger partial charge >= 0.3 is 0 Å². The predicted octanol–water partition coefficient (Wildman–Crippen LogP) is 4.72. The molecule has 0 saturated heterocycles. The molecule has 0 aliphatic carbocycles. The Hall–Kier alpha value is -0.790. The number of fused-ring (bicyclic) bond motifs is 1. The predicted molar refractivity (Wildman–Crippen MR) is 70.6 cm³/mol. The van der Waals surface area contributed by atoms with Crippen molar-refractivity contribution in [3.8, 4) is 0 Å². The molecule has 0 saturated carbocycles. The number of hydrogen-bond donors (Lipinski definition) is 0. The van der Waals surface area contributed by atoms with Crippen LogP contribution < -0.4 is 0 Å². The van der Waals surface area contributed by atoms with Gasteiger partial charge in [-0.15, -0.1) is 0 Å². The fourth-order valence-corrected chi connectivity index (χ4v) is 2.47. The summed E-state index contributed by atoms with van der Waals surface area (Å²) in [6, 6.07) is 3.80. The Kier molecular flexibility index (Phi) is 3.09. The van der Waals surface area contributed by atoms with Crippen LogP contribution in [0.3, 0.4) is 0 Å². The molecular weight excluding hydrogens is 241 g/mol. The lowest BCUT2D eigenvalue weighted by Crippen LogP contribution is -1.96. The van der Waals surface area contributed by atoms with E-state index in [-0.39, 0.29) is 0 Å². The van der Waals surface area contributed by atoms with Gasteiger partial charge in [0.1, 0.15) is 0 Å². The van der Waals surface area contributed by atoms with Crippen LogP contribution in [0, 0.1) is 13.8 Å². The van der Waals surface area contributed by atoms with Gasteiger partial charge in [-0.2, -0.15) is 0 Å². The first-order valence-corrected chi connectivity index (χ1v) is 6.05. The first-order chi connectivity index (χ1) is 7.54. The number of nitrogens with zero attached hydrogens (tertiary/aromatic N) is 1. The molecule has 16 heavy (non-hydrogen) atoms. The third-order valence-corrected chi connectivity index (χ3v) is 3.55. The molecule has 0 unspecified atom stereocenters. The average molecular weight is 254 g/mol. The SMILES string of the molecule is CCc1nc2c(C)cc(Cl)cc2c(Cl)c1C. The van der Waals surface area contributed by atoms with Crippen LogP contribution in [0.25, 0.3) is 10.9 Å². The molecule has 1 aromatic heterocycles. The highest BCUT2D eigenvalue weighted by atomic mass is 35.5. The Bertz CT molecular complexity index is 562. The summed E-state index contributed by atoms with van der Waals surface area (Å²) in [6.45, 7) is 6.10. The maximum absolute atomic E-state index is 6.36. The molecule has 0 radical (unpaired) electrons. The Balaban J connectivity index is 2.92. The maximum Gasteiger partial charge on any atom is 0.0750 e. The average Bonchev–Trinajstić information content (AvgIpc) is 2.24. The van der Waals surface area contributed by atoms with Crippen molar-refractivity contribution >= 4 is 34.1 Å². The molecule has 1 aromatic carbocycles. The van der Waals surface area contributed by atoms with Gasteiger partial charge in [0.25, 0.3) is 0 Å². The molecule has 0 bridgehead atoms. The lowest BCUT2D eigenvalue weighted by atomic mass is 10.1. The molecule has 3 heteroatoms. The minimum absolute atomic E-state index is 0.706. The number of benzene rings is 1. The smallest absolute Gasteiger partial charge is 0.0750 e. The van der Waals surface area contributed by atoms with E-state index in [1.165, 1.54) is 0 Å². The topological polar surface area (TPSA) is 12.9 Å². The molecule has 0 N–H and O–H groups in total. The highest BCUT2D eigenvalue weighted by Gasteiger charge is 2.11. The van der Waals surface area contributed by atoms with Crippen molar-refractivity contribution in [3.05, 3.63) is 39.0 Å². The van der Waals surface area contributed by atoms with E-state index < -0.39 is 0 Å². The van der Waals surface area contributed by atoms with Gasteiger partial charge in [0.05, 0.1) is 10.5 Å². The number of pyridine rings is 1. The fraction of sp³-hybridized carbons (Fsp3) is 0.308. The van der Waals surface area contributed by atoms with Crippen LogP contribution in [0.1, 0.15) is 23.7 Å². The van der Waals surface area contributed by atoms with Crippen LogP contribution in [-0.4, -0.2) is 4.98 Å². The Morgan fingerprint density at radius 3 is 2.50 bits per heavy atom. The summed E-state index contributed by atoms with van der Waals surface area (Å²) in [6.07, 6.45) is 0.892. The fourth-order valence-electron chi connectivity index (χ4n) is 1.94. The second-order valence-corrected chi connectivity index (χ2v) is 4.78. The summed E-state index contributed by atoms with van der Waals surface area (Å²) in [5.74, 6) is 0. The molecule has 2 aromatic rings. The summed E-state index contributed by atoms with van der Waals surface area (Å²) in [5.41, 5.74) is 4.14. The van der Waals surface area contributed by atoms with E-state index in [2.05, 4.69) is 11.9 Å². The zero-order valence-electron chi connectivity index (χ0n) is 9.56. The summed E-state index contributed by atoms with van der Waals surface area (Å²) >= 11 is 12.4. The molecule has 0 aliphatic rings. The number of aromatic nitrogens is 1. The van der Waals surface area contributed by atoms with Crippen LogP contribution in [0.2, 0.25) is 10.0 Å². The van der Waals surface area contributed by atoms with Crippen molar-refractivity contribution in [2.45, 2.75) is 27.2 Å². The van der Waals surface area contributed by atoms with Gasteiger partial charge in [0.2, 0.25) is 0 Å². The van der Waals surface area contributed by atoms with E-state index in [0.29, 0.717) is 5.02 Å². The second kappa shape index (κ2) is 4.23. The van der Waals surface area contributed by atoms with Crippen molar-refractivity contribution < 1.29 is 0 Å². The van der Waals surface area contributed by atoms with E-state index in [1.807, 2.05) is 26.0 Å². The third kappa shape index (κ3) is 1.79. The van der Waals surface area contributed by atoms with Crippen molar-refractivity contribution in [1.29, 1.82) is 0 Å². The molecule has 84 valence electrons. The van der Waals surface area contributed by atoms with E-state index in [4.69, 9.17) is 23.2 Å². The van der Waals surface area contributed by atoms with Crippen LogP contribution in [0.5, 0.6) is 0 Å². The lowest BCUT2D eigenvalue weighted by molar-refractivity contribution is 1.03. The van der Waals surface area contributed by atoms with Crippen LogP contribution >= 0.6 is 23.2 Å². The minimum Gasteiger partial charge on any atom is -0.252 e. The van der Waals surface area contributed by atoms with Crippen LogP contribution in [0.4, 0.5) is 0 Å². The highest BCUT2D eigenvalue weighted by molar-refractivity contribution is 6.37. The van der Waals surface area contributed by atoms with Crippen molar-refractivity contribution in [2.75, 3.05) is 0 Å². The third-order valence-electron chi connectivity index (χ3n) is 2.85. The zero-order chi connectivity index (χ0) is 11.9. The van der Waals surface area contributed by atoms with Gasteiger partial charge < -0.3 is 0 Å². The molecular formula is C13H13Cl2N. The maximum atomic E-state index is 6.36. The van der Waals surface area contributed by atoms with E-state index in [1.54, 1.807) is 0 Å². The first-order valence-electron chi connectivity index (χ1n) is 5.29. The van der Waals surface area contributed by atoms with Gasteiger partial charge in [0, 0.05) is 16.1 Å². The Labute approximate surface area is 105 Å². The normalized spacial score (nSPS) is 11.1. The van der Waals surface area contributed by atoms with Gasteiger partial charge in [-0.25, -0.2) is 0 Å². The summed E-state index contributed by atoms with van der Waals surface area (Å²) in [4.78, 5) is 4.65. The summed E-state index contributed by atoms with van der Waals surface area (Å²) < 4.78 is 0. The number of aryl methyl sites for hydroxylation is 2. The molecule has 0 spiro atoms. The van der Waals surface area contributed by atoms with Gasteiger partial charge in [-0.1, -0.05) is 30.1 Å². The largest absolute Gasteiger partial charge is 0.252 e. The molecule has 1 heterocycles. The molecule has 0 amide bonds. The summed E-state index contributed by atoms with van der Waals surface area (Å²) in [5, 5.41) is 2.42. The second-order valence-electron chi connectivity index (χ2n) is 3.97. The standard InChI is InChI=1S/C13H13Cl2N/c1-4-11-8(3)12(15)10-6-9(14)5-7(2)13(10)16-11/h5-6H,4H2,1-3H3. The number of halogens is 2. The molecule has 2 rings (SSSR count). The van der Waals surface area contributed by atoms with Crippen LogP contribution in [0.15, 0.2) is 12.1 Å². The Morgan fingerprint density at radius 2 is 1.88 bits per heavy atom. The summed E-state index contributed by atoms with van der Waals surface area (Å²) in [7, 11) is 0. The van der Waals surface area contributed by atoms with E-state index >= 15 is 0 Å². The van der Waals surface area contributed by atoms with Gasteiger partial charge in [0.15, 0.2) is 0 Å². The van der Waals surface area contributed by atoms with Crippen LogP contribution in [-0.2, 0) is 6.42 Å². The quantitative estimate of drug-likeness (QED) is 0.717. The van der Waals surface area contributed by atoms with Crippen molar-refractivity contribution in [2.24, 2.45) is 0 Å². The van der Waals surface area contributed by atoms with Crippen molar-refractivity contribution in [3.63, 3.8) is 0 Å². The highest BCUT2D eigenvalue weighted by Crippen LogP contribution is 2.31.